The fraction of sp³-hybridized carbons (Fsp3) is 0.267. The Morgan fingerprint density at radius 2 is 1.39 bits per heavy atom. The molecule has 4 aromatic rings. The molecule has 1 unspecified atom stereocenters. The number of pyridine rings is 1. The second kappa shape index (κ2) is 9.19. The molecule has 0 spiro atoms. The van der Waals surface area contributed by atoms with E-state index in [9.17, 15) is 4.79 Å². The van der Waals surface area contributed by atoms with Gasteiger partial charge in [-0.1, -0.05) is 80.6 Å². The number of aryl methyl sites for hydroxylation is 2. The zero-order valence-electron chi connectivity index (χ0n) is 19.3. The normalized spacial score (nSPS) is 19.8. The van der Waals surface area contributed by atoms with Crippen molar-refractivity contribution in [3.63, 3.8) is 0 Å². The Hall–Kier alpha value is -3.46. The molecule has 1 saturated carbocycles. The van der Waals surface area contributed by atoms with Gasteiger partial charge in [0.25, 0.3) is 0 Å². The van der Waals surface area contributed by atoms with Crippen LogP contribution < -0.4 is 5.32 Å². The molecule has 3 atom stereocenters. The molecule has 1 amide bonds. The van der Waals surface area contributed by atoms with Gasteiger partial charge in [-0.05, 0) is 65.5 Å². The first-order chi connectivity index (χ1) is 16.2. The van der Waals surface area contributed by atoms with Crippen LogP contribution in [-0.4, -0.2) is 10.9 Å². The maximum Gasteiger partial charge on any atom is 0.228 e. The van der Waals surface area contributed by atoms with Gasteiger partial charge in [-0.2, -0.15) is 0 Å². The Morgan fingerprint density at radius 1 is 0.818 bits per heavy atom. The Kier molecular flexibility index (Phi) is 5.95. The summed E-state index contributed by atoms with van der Waals surface area (Å²) in [6.07, 6.45) is 4.81. The summed E-state index contributed by atoms with van der Waals surface area (Å²) < 4.78 is 0. The molecule has 166 valence electrons. The minimum atomic E-state index is -0.107. The summed E-state index contributed by atoms with van der Waals surface area (Å²) in [5, 5.41) is 4.26. The van der Waals surface area contributed by atoms with Crippen LogP contribution in [0, 0.1) is 5.92 Å². The van der Waals surface area contributed by atoms with E-state index in [-0.39, 0.29) is 23.7 Å². The third-order valence-electron chi connectivity index (χ3n) is 7.20. The highest BCUT2D eigenvalue weighted by molar-refractivity contribution is 6.02. The van der Waals surface area contributed by atoms with Crippen molar-refractivity contribution in [1.82, 2.24) is 4.98 Å². The molecule has 0 radical (unpaired) electrons. The lowest BCUT2D eigenvalue weighted by Gasteiger charge is -2.44. The molecule has 1 heterocycles. The van der Waals surface area contributed by atoms with Crippen molar-refractivity contribution in [2.75, 3.05) is 5.32 Å². The highest BCUT2D eigenvalue weighted by Crippen LogP contribution is 2.53. The number of nitrogens with zero attached hydrogens (tertiary/aromatic N) is 1. The van der Waals surface area contributed by atoms with Gasteiger partial charge < -0.3 is 5.32 Å². The number of para-hydroxylation sites is 1. The summed E-state index contributed by atoms with van der Waals surface area (Å²) in [7, 11) is 0. The second-order valence-corrected chi connectivity index (χ2v) is 9.03. The van der Waals surface area contributed by atoms with Crippen molar-refractivity contribution in [1.29, 1.82) is 0 Å². The van der Waals surface area contributed by atoms with Crippen LogP contribution in [0.25, 0.3) is 10.9 Å². The van der Waals surface area contributed by atoms with E-state index in [4.69, 9.17) is 0 Å². The van der Waals surface area contributed by atoms with Crippen molar-refractivity contribution in [2.45, 2.75) is 44.9 Å². The molecule has 33 heavy (non-hydrogen) atoms. The number of fused-ring (bicyclic) bond motifs is 1. The molecule has 3 nitrogen and oxygen atoms in total. The van der Waals surface area contributed by atoms with Crippen molar-refractivity contribution >= 4 is 22.5 Å². The fourth-order valence-electron chi connectivity index (χ4n) is 5.13. The van der Waals surface area contributed by atoms with Gasteiger partial charge in [-0.15, -0.1) is 0 Å². The predicted molar refractivity (Wildman–Crippen MR) is 136 cm³/mol. The van der Waals surface area contributed by atoms with Gasteiger partial charge in [-0.25, -0.2) is 0 Å². The van der Waals surface area contributed by atoms with E-state index in [1.54, 1.807) is 6.20 Å². The maximum absolute atomic E-state index is 13.7. The van der Waals surface area contributed by atoms with Crippen LogP contribution in [-0.2, 0) is 17.6 Å². The number of carbonyl (C=O) groups is 1. The number of rotatable bonds is 6. The van der Waals surface area contributed by atoms with Crippen LogP contribution in [0.2, 0.25) is 0 Å². The summed E-state index contributed by atoms with van der Waals surface area (Å²) in [6, 6.07) is 27.5. The van der Waals surface area contributed by atoms with Gasteiger partial charge in [0.05, 0.1) is 17.1 Å². The molecule has 3 heteroatoms. The van der Waals surface area contributed by atoms with Crippen molar-refractivity contribution < 1.29 is 4.79 Å². The molecular weight excluding hydrogens is 404 g/mol. The largest absolute Gasteiger partial charge is 0.324 e. The van der Waals surface area contributed by atoms with Gasteiger partial charge in [0, 0.05) is 11.6 Å². The van der Waals surface area contributed by atoms with E-state index in [0.717, 1.165) is 35.9 Å². The Labute approximate surface area is 195 Å². The molecule has 1 aromatic heterocycles. The van der Waals surface area contributed by atoms with Crippen LogP contribution in [0.5, 0.6) is 0 Å². The minimum Gasteiger partial charge on any atom is -0.324 e. The highest BCUT2D eigenvalue weighted by Gasteiger charge is 2.47. The summed E-state index contributed by atoms with van der Waals surface area (Å²) in [6.45, 7) is 4.34. The molecule has 5 rings (SSSR count). The zero-order chi connectivity index (χ0) is 22.8. The van der Waals surface area contributed by atoms with Crippen LogP contribution in [0.4, 0.5) is 5.69 Å². The van der Waals surface area contributed by atoms with Crippen molar-refractivity contribution in [2.24, 2.45) is 5.92 Å². The summed E-state index contributed by atoms with van der Waals surface area (Å²) in [5.41, 5.74) is 6.78. The summed E-state index contributed by atoms with van der Waals surface area (Å²) >= 11 is 0. The van der Waals surface area contributed by atoms with Gasteiger partial charge >= 0.3 is 0 Å². The smallest absolute Gasteiger partial charge is 0.228 e. The SMILES string of the molecule is CCc1ccc([C@H]2C[C@@H](c3ccc(CC)cc3)C2C(=O)Nc2cccc3cccnc23)cc1. The Balaban J connectivity index is 1.46. The molecule has 3 aromatic carbocycles. The molecule has 0 saturated heterocycles. The third kappa shape index (κ3) is 4.16. The quantitative estimate of drug-likeness (QED) is 0.359. The van der Waals surface area contributed by atoms with Crippen LogP contribution >= 0.6 is 0 Å². The summed E-state index contributed by atoms with van der Waals surface area (Å²) in [5.74, 6) is 0.404. The fourth-order valence-corrected chi connectivity index (χ4v) is 5.13. The molecule has 1 N–H and O–H groups in total. The number of hydrogen-bond donors (Lipinski definition) is 1. The second-order valence-electron chi connectivity index (χ2n) is 9.03. The first kappa shape index (κ1) is 21.4. The number of nitrogens with one attached hydrogen (secondary N) is 1. The lowest BCUT2D eigenvalue weighted by atomic mass is 9.59. The summed E-state index contributed by atoms with van der Waals surface area (Å²) in [4.78, 5) is 18.2. The van der Waals surface area contributed by atoms with Crippen LogP contribution in [0.15, 0.2) is 85.1 Å². The van der Waals surface area contributed by atoms with E-state index in [1.807, 2.05) is 30.3 Å². The topological polar surface area (TPSA) is 42.0 Å². The Morgan fingerprint density at radius 3 is 1.97 bits per heavy atom. The number of carbonyl (C=O) groups excluding carboxylic acids is 1. The van der Waals surface area contributed by atoms with Crippen molar-refractivity contribution in [3.8, 4) is 0 Å². The minimum absolute atomic E-state index is 0.0774. The van der Waals surface area contributed by atoms with Gasteiger partial charge in [-0.3, -0.25) is 9.78 Å². The number of hydrogen-bond acceptors (Lipinski definition) is 2. The van der Waals surface area contributed by atoms with E-state index < -0.39 is 0 Å². The maximum atomic E-state index is 13.7. The molecule has 1 fully saturated rings. The predicted octanol–water partition coefficient (Wildman–Crippen LogP) is 6.89. The van der Waals surface area contributed by atoms with E-state index in [0.29, 0.717) is 0 Å². The van der Waals surface area contributed by atoms with Gasteiger partial charge in [0.1, 0.15) is 0 Å². The lowest BCUT2D eigenvalue weighted by Crippen LogP contribution is -2.42. The van der Waals surface area contributed by atoms with Crippen LogP contribution in [0.3, 0.4) is 0 Å². The molecule has 0 aliphatic heterocycles. The number of amides is 1. The number of aromatic nitrogens is 1. The number of anilines is 1. The first-order valence-electron chi connectivity index (χ1n) is 12.0. The third-order valence-corrected chi connectivity index (χ3v) is 7.20. The monoisotopic (exact) mass is 434 g/mol. The molecule has 1 aliphatic carbocycles. The van der Waals surface area contributed by atoms with E-state index in [2.05, 4.69) is 72.7 Å². The number of benzene rings is 3. The Bertz CT molecular complexity index is 1200. The zero-order valence-corrected chi connectivity index (χ0v) is 19.3. The average molecular weight is 435 g/mol. The lowest BCUT2D eigenvalue weighted by molar-refractivity contribution is -0.124. The average Bonchev–Trinajstić information content (AvgIpc) is 2.84. The van der Waals surface area contributed by atoms with Crippen molar-refractivity contribution in [3.05, 3.63) is 107 Å². The highest BCUT2D eigenvalue weighted by atomic mass is 16.2. The van der Waals surface area contributed by atoms with E-state index >= 15 is 0 Å². The van der Waals surface area contributed by atoms with E-state index in [1.165, 1.54) is 22.3 Å². The van der Waals surface area contributed by atoms with Gasteiger partial charge in [0.15, 0.2) is 0 Å². The molecule has 1 aliphatic rings. The molecule has 0 bridgehead atoms. The standard InChI is InChI=1S/C30H30N2O/c1-3-20-10-14-22(15-11-20)25-19-26(23-16-12-21(4-2)13-17-23)28(25)30(33)32-27-9-5-7-24-8-6-18-31-29(24)27/h5-18,25-26,28H,3-4,19H2,1-2H3,(H,32,33)/t25-,26+,28?. The first-order valence-corrected chi connectivity index (χ1v) is 12.0. The van der Waals surface area contributed by atoms with Gasteiger partial charge in [0.2, 0.25) is 5.91 Å². The molecular formula is C30H30N2O. The van der Waals surface area contributed by atoms with Crippen LogP contribution in [0.1, 0.15) is 54.4 Å².